The summed E-state index contributed by atoms with van der Waals surface area (Å²) >= 11 is 1.81. The van der Waals surface area contributed by atoms with Crippen LogP contribution in [0, 0.1) is 0 Å². The Bertz CT molecular complexity index is 637. The van der Waals surface area contributed by atoms with Gasteiger partial charge in [-0.05, 0) is 6.42 Å². The smallest absolute Gasteiger partial charge is 0.150 e. The first-order valence-corrected chi connectivity index (χ1v) is 8.88. The zero-order valence-electron chi connectivity index (χ0n) is 13.9. The van der Waals surface area contributed by atoms with Crippen molar-refractivity contribution in [3.05, 3.63) is 27.7 Å². The molecule has 2 aromatic rings. The number of nitrogens with zero attached hydrogens (tertiary/aromatic N) is 4. The highest BCUT2D eigenvalue weighted by Gasteiger charge is 2.22. The van der Waals surface area contributed by atoms with Gasteiger partial charge >= 0.3 is 0 Å². The Balaban J connectivity index is 1.57. The number of nitrogens with one attached hydrogen (secondary N) is 1. The van der Waals surface area contributed by atoms with Gasteiger partial charge in [0.1, 0.15) is 5.82 Å². The summed E-state index contributed by atoms with van der Waals surface area (Å²) in [5.74, 6) is 2.11. The maximum atomic E-state index is 4.57. The summed E-state index contributed by atoms with van der Waals surface area (Å²) in [4.78, 5) is 10.4. The lowest BCUT2D eigenvalue weighted by molar-refractivity contribution is 0.358. The van der Waals surface area contributed by atoms with Crippen LogP contribution in [0.15, 0.2) is 6.20 Å². The van der Waals surface area contributed by atoms with Gasteiger partial charge in [0.05, 0.1) is 11.6 Å². The Hall–Kier alpha value is -1.27. The van der Waals surface area contributed by atoms with Crippen LogP contribution in [0.1, 0.15) is 55.6 Å². The van der Waals surface area contributed by atoms with Crippen molar-refractivity contribution in [3.8, 4) is 0 Å². The van der Waals surface area contributed by atoms with E-state index in [9.17, 15) is 0 Å². The molecule has 0 aromatic carbocycles. The minimum absolute atomic E-state index is 0.139. The summed E-state index contributed by atoms with van der Waals surface area (Å²) < 4.78 is 2.08. The highest BCUT2D eigenvalue weighted by Crippen LogP contribution is 2.26. The van der Waals surface area contributed by atoms with Gasteiger partial charge in [0.2, 0.25) is 0 Å². The summed E-state index contributed by atoms with van der Waals surface area (Å²) in [6.45, 7) is 10.6. The maximum Gasteiger partial charge on any atom is 0.150 e. The highest BCUT2D eigenvalue weighted by atomic mass is 32.1. The minimum atomic E-state index is 0.139. The second kappa shape index (κ2) is 6.08. The van der Waals surface area contributed by atoms with Gasteiger partial charge in [-0.1, -0.05) is 27.7 Å². The van der Waals surface area contributed by atoms with Crippen LogP contribution in [0.25, 0.3) is 0 Å². The third-order valence-electron chi connectivity index (χ3n) is 3.98. The lowest BCUT2D eigenvalue weighted by Crippen LogP contribution is -2.37. The monoisotopic (exact) mass is 319 g/mol. The lowest BCUT2D eigenvalue weighted by Gasteiger charge is -2.23. The number of hydrogen-bond donors (Lipinski definition) is 1. The molecular formula is C16H25N5S. The molecule has 0 saturated heterocycles. The zero-order valence-corrected chi connectivity index (χ0v) is 14.7. The first-order chi connectivity index (χ1) is 10.5. The van der Waals surface area contributed by atoms with Crippen molar-refractivity contribution in [1.29, 1.82) is 0 Å². The van der Waals surface area contributed by atoms with Crippen LogP contribution in [-0.2, 0) is 31.3 Å². The molecule has 1 unspecified atom stereocenters. The van der Waals surface area contributed by atoms with Crippen LogP contribution in [0.5, 0.6) is 0 Å². The average molecular weight is 319 g/mol. The summed E-state index contributed by atoms with van der Waals surface area (Å²) in [5, 5.41) is 9.43. The third-order valence-corrected chi connectivity index (χ3v) is 5.40. The van der Waals surface area contributed by atoms with E-state index < -0.39 is 0 Å². The number of fused-ring (bicyclic) bond motifs is 1. The van der Waals surface area contributed by atoms with E-state index in [-0.39, 0.29) is 5.41 Å². The highest BCUT2D eigenvalue weighted by molar-refractivity contribution is 7.11. The van der Waals surface area contributed by atoms with Crippen molar-refractivity contribution < 1.29 is 0 Å². The van der Waals surface area contributed by atoms with Crippen molar-refractivity contribution in [2.45, 2.75) is 71.5 Å². The zero-order chi connectivity index (χ0) is 15.7. The molecule has 3 rings (SSSR count). The summed E-state index contributed by atoms with van der Waals surface area (Å²) in [7, 11) is 0. The molecule has 2 aromatic heterocycles. The molecule has 0 fully saturated rings. The molecule has 3 heterocycles. The normalized spacial score (nSPS) is 18.5. The summed E-state index contributed by atoms with van der Waals surface area (Å²) in [6.07, 6.45) is 5.07. The van der Waals surface area contributed by atoms with E-state index in [1.54, 1.807) is 0 Å². The van der Waals surface area contributed by atoms with E-state index in [1.165, 1.54) is 9.88 Å². The van der Waals surface area contributed by atoms with Gasteiger partial charge in [-0.2, -0.15) is 5.10 Å². The van der Waals surface area contributed by atoms with Crippen molar-refractivity contribution in [1.82, 2.24) is 25.1 Å². The quantitative estimate of drug-likeness (QED) is 0.941. The Kier molecular flexibility index (Phi) is 4.32. The van der Waals surface area contributed by atoms with Crippen LogP contribution < -0.4 is 5.32 Å². The molecule has 0 aliphatic carbocycles. The number of aryl methyl sites for hydroxylation is 2. The fourth-order valence-corrected chi connectivity index (χ4v) is 3.58. The van der Waals surface area contributed by atoms with Crippen LogP contribution in [0.3, 0.4) is 0 Å². The molecule has 6 heteroatoms. The third kappa shape index (κ3) is 3.38. The van der Waals surface area contributed by atoms with Gasteiger partial charge in [0.15, 0.2) is 5.82 Å². The van der Waals surface area contributed by atoms with Crippen LogP contribution in [0.4, 0.5) is 0 Å². The number of hydrogen-bond acceptors (Lipinski definition) is 5. The van der Waals surface area contributed by atoms with E-state index in [2.05, 4.69) is 52.8 Å². The van der Waals surface area contributed by atoms with E-state index in [0.29, 0.717) is 6.04 Å². The minimum Gasteiger partial charge on any atom is -0.307 e. The molecule has 1 aliphatic heterocycles. The fraction of sp³-hybridized carbons (Fsp3) is 0.688. The molecule has 1 aliphatic rings. The topological polar surface area (TPSA) is 55.6 Å². The molecule has 0 bridgehead atoms. The molecule has 1 N–H and O–H groups in total. The molecule has 22 heavy (non-hydrogen) atoms. The molecule has 1 atom stereocenters. The molecule has 0 spiro atoms. The Morgan fingerprint density at radius 2 is 2.23 bits per heavy atom. The van der Waals surface area contributed by atoms with E-state index in [1.807, 2.05) is 17.5 Å². The first kappa shape index (κ1) is 15.6. The van der Waals surface area contributed by atoms with E-state index >= 15 is 0 Å². The molecule has 0 radical (unpaired) electrons. The van der Waals surface area contributed by atoms with Crippen LogP contribution >= 0.6 is 11.3 Å². The first-order valence-electron chi connectivity index (χ1n) is 8.07. The molecule has 0 amide bonds. The Morgan fingerprint density at radius 1 is 1.41 bits per heavy atom. The van der Waals surface area contributed by atoms with Crippen LogP contribution in [-0.4, -0.2) is 25.8 Å². The lowest BCUT2D eigenvalue weighted by atomic mass is 9.98. The molecule has 0 saturated carbocycles. The summed E-state index contributed by atoms with van der Waals surface area (Å²) in [6, 6.07) is 0.471. The predicted octanol–water partition coefficient (Wildman–Crippen LogP) is 2.70. The second-order valence-electron chi connectivity index (χ2n) is 6.98. The molecule has 5 nitrogen and oxygen atoms in total. The van der Waals surface area contributed by atoms with Crippen molar-refractivity contribution in [3.63, 3.8) is 0 Å². The van der Waals surface area contributed by atoms with Crippen molar-refractivity contribution in [2.24, 2.45) is 0 Å². The van der Waals surface area contributed by atoms with Crippen molar-refractivity contribution in [2.75, 3.05) is 0 Å². The Labute approximate surface area is 136 Å². The number of aromatic nitrogens is 4. The van der Waals surface area contributed by atoms with Gasteiger partial charge < -0.3 is 5.32 Å². The van der Waals surface area contributed by atoms with Crippen LogP contribution in [0.2, 0.25) is 0 Å². The maximum absolute atomic E-state index is 4.57. The van der Waals surface area contributed by atoms with Gasteiger partial charge in [0, 0.05) is 41.9 Å². The average Bonchev–Trinajstić information content (AvgIpc) is 3.10. The van der Waals surface area contributed by atoms with Gasteiger partial charge in [-0.3, -0.25) is 0 Å². The van der Waals surface area contributed by atoms with Gasteiger partial charge in [0.25, 0.3) is 0 Å². The number of rotatable bonds is 4. The molecular weight excluding hydrogens is 294 g/mol. The van der Waals surface area contributed by atoms with Gasteiger partial charge in [-0.15, -0.1) is 11.3 Å². The van der Waals surface area contributed by atoms with Crippen molar-refractivity contribution >= 4 is 11.3 Å². The van der Waals surface area contributed by atoms with Gasteiger partial charge in [-0.25, -0.2) is 14.6 Å². The SMILES string of the molecule is CCc1nc2n(n1)CC(NCc1cnc(C(C)(C)C)s1)CC2. The predicted molar refractivity (Wildman–Crippen MR) is 89.2 cm³/mol. The largest absolute Gasteiger partial charge is 0.307 e. The van der Waals surface area contributed by atoms with E-state index in [4.69, 9.17) is 0 Å². The number of thiazole rings is 1. The fourth-order valence-electron chi connectivity index (χ4n) is 2.66. The van der Waals surface area contributed by atoms with E-state index in [0.717, 1.165) is 44.0 Å². The summed E-state index contributed by atoms with van der Waals surface area (Å²) in [5.41, 5.74) is 0.139. The standard InChI is InChI=1S/C16H25N5S/c1-5-13-19-14-7-6-11(10-21(14)20-13)17-8-12-9-18-15(22-12)16(2,3)4/h9,11,17H,5-8,10H2,1-4H3. The second-order valence-corrected chi connectivity index (χ2v) is 8.09. The molecule has 120 valence electrons. The Morgan fingerprint density at radius 3 is 2.91 bits per heavy atom.